The van der Waals surface area contributed by atoms with Crippen molar-refractivity contribution in [1.82, 2.24) is 19.5 Å². The molecule has 0 spiro atoms. The number of rotatable bonds is 5. The lowest BCUT2D eigenvalue weighted by Gasteiger charge is -2.13. The van der Waals surface area contributed by atoms with E-state index in [4.69, 9.17) is 23.8 Å². The van der Waals surface area contributed by atoms with Crippen LogP contribution >= 0.6 is 0 Å². The Balaban J connectivity index is 1.22. The van der Waals surface area contributed by atoms with Gasteiger partial charge in [-0.05, 0) is 35.9 Å². The highest BCUT2D eigenvalue weighted by molar-refractivity contribution is 6.22. The molecule has 4 heterocycles. The van der Waals surface area contributed by atoms with Crippen molar-refractivity contribution >= 4 is 65.7 Å². The van der Waals surface area contributed by atoms with Crippen LogP contribution in [-0.2, 0) is 0 Å². The first-order valence-corrected chi connectivity index (χ1v) is 19.0. The summed E-state index contributed by atoms with van der Waals surface area (Å²) < 4.78 is 16.1. The van der Waals surface area contributed by atoms with Crippen LogP contribution in [0.25, 0.3) is 117 Å². The Labute approximate surface area is 325 Å². The molecule has 0 aliphatic carbocycles. The van der Waals surface area contributed by atoms with Gasteiger partial charge in [0, 0.05) is 54.6 Å². The van der Waals surface area contributed by atoms with Gasteiger partial charge in [0.15, 0.2) is 23.1 Å². The fourth-order valence-corrected chi connectivity index (χ4v) is 8.56. The molecule has 0 amide bonds. The summed E-state index contributed by atoms with van der Waals surface area (Å²) in [7, 11) is 0. The third-order valence-corrected chi connectivity index (χ3v) is 11.1. The van der Waals surface area contributed by atoms with Gasteiger partial charge < -0.3 is 13.4 Å². The quantitative estimate of drug-likeness (QED) is 0.176. The fraction of sp³-hybridized carbons (Fsp3) is 0. The molecule has 0 saturated heterocycles. The molecule has 0 fully saturated rings. The van der Waals surface area contributed by atoms with Crippen LogP contribution in [0.4, 0.5) is 0 Å². The average Bonchev–Trinajstić information content (AvgIpc) is 3.97. The number of nitrogens with zero attached hydrogens (tertiary/aromatic N) is 4. The van der Waals surface area contributed by atoms with E-state index in [1.807, 2.05) is 84.9 Å². The minimum absolute atomic E-state index is 0.561. The molecule has 0 unspecified atom stereocenters. The van der Waals surface area contributed by atoms with Gasteiger partial charge in [-0.2, -0.15) is 0 Å². The van der Waals surface area contributed by atoms with Crippen LogP contribution < -0.4 is 0 Å². The van der Waals surface area contributed by atoms with Crippen molar-refractivity contribution in [3.05, 3.63) is 182 Å². The molecule has 6 heteroatoms. The number of hydrogen-bond donors (Lipinski definition) is 0. The van der Waals surface area contributed by atoms with Crippen molar-refractivity contribution < 1.29 is 8.83 Å². The van der Waals surface area contributed by atoms with Crippen molar-refractivity contribution in [2.75, 3.05) is 0 Å². The van der Waals surface area contributed by atoms with Crippen LogP contribution in [0.1, 0.15) is 0 Å². The van der Waals surface area contributed by atoms with Gasteiger partial charge in [-0.25, -0.2) is 15.0 Å². The second-order valence-corrected chi connectivity index (χ2v) is 14.3. The molecule has 12 aromatic rings. The van der Waals surface area contributed by atoms with Crippen LogP contribution in [0.15, 0.2) is 191 Å². The van der Waals surface area contributed by atoms with E-state index in [2.05, 4.69) is 102 Å². The van der Waals surface area contributed by atoms with E-state index in [1.165, 1.54) is 10.8 Å². The highest BCUT2D eigenvalue weighted by Gasteiger charge is 2.25. The van der Waals surface area contributed by atoms with Gasteiger partial charge in [0.05, 0.1) is 16.7 Å². The van der Waals surface area contributed by atoms with E-state index in [0.29, 0.717) is 17.5 Å². The van der Waals surface area contributed by atoms with Crippen molar-refractivity contribution in [3.8, 4) is 51.0 Å². The standard InChI is InChI=1S/C51H30N4O2/c1-3-15-31(16-4-1)49-52-50(32-17-5-2-6-18-32)54-51(53-49)39-24-14-28-44-45(39)46-36(38-23-13-22-37-35-21-9-12-27-43(35)56-47(37)38)29-30-42(48(46)57-44)55-40-25-10-7-19-33(40)34-20-8-11-26-41(34)55/h1-30H. The maximum absolute atomic E-state index is 7.11. The van der Waals surface area contributed by atoms with Crippen molar-refractivity contribution in [3.63, 3.8) is 0 Å². The summed E-state index contributed by atoms with van der Waals surface area (Å²) in [6.45, 7) is 0. The van der Waals surface area contributed by atoms with Crippen molar-refractivity contribution in [2.45, 2.75) is 0 Å². The number of para-hydroxylation sites is 4. The molecule has 4 aromatic heterocycles. The molecule has 0 saturated carbocycles. The molecule has 0 atom stereocenters. The number of benzene rings is 8. The van der Waals surface area contributed by atoms with E-state index in [0.717, 1.165) is 88.4 Å². The van der Waals surface area contributed by atoms with Gasteiger partial charge in [-0.1, -0.05) is 152 Å². The zero-order valence-electron chi connectivity index (χ0n) is 30.4. The second-order valence-electron chi connectivity index (χ2n) is 14.3. The van der Waals surface area contributed by atoms with Crippen LogP contribution in [0.3, 0.4) is 0 Å². The number of aromatic nitrogens is 4. The molecule has 266 valence electrons. The normalized spacial score (nSPS) is 11.9. The molecule has 0 N–H and O–H groups in total. The maximum Gasteiger partial charge on any atom is 0.164 e. The van der Waals surface area contributed by atoms with Gasteiger partial charge >= 0.3 is 0 Å². The summed E-state index contributed by atoms with van der Waals surface area (Å²) in [4.78, 5) is 15.4. The summed E-state index contributed by atoms with van der Waals surface area (Å²) in [5.41, 5.74) is 11.0. The molecule has 0 aliphatic rings. The Morgan fingerprint density at radius 1 is 0.333 bits per heavy atom. The summed E-state index contributed by atoms with van der Waals surface area (Å²) in [6, 6.07) is 62.4. The molecule has 8 aromatic carbocycles. The van der Waals surface area contributed by atoms with E-state index in [1.54, 1.807) is 0 Å². The molecule has 6 nitrogen and oxygen atoms in total. The smallest absolute Gasteiger partial charge is 0.164 e. The lowest BCUT2D eigenvalue weighted by atomic mass is 9.95. The Morgan fingerprint density at radius 2 is 0.860 bits per heavy atom. The number of furan rings is 2. The predicted molar refractivity (Wildman–Crippen MR) is 230 cm³/mol. The molecule has 57 heavy (non-hydrogen) atoms. The minimum Gasteiger partial charge on any atom is -0.455 e. The molecule has 12 rings (SSSR count). The summed E-state index contributed by atoms with van der Waals surface area (Å²) in [5.74, 6) is 1.76. The second kappa shape index (κ2) is 12.3. The molecule has 0 radical (unpaired) electrons. The van der Waals surface area contributed by atoms with E-state index < -0.39 is 0 Å². The Morgan fingerprint density at radius 3 is 1.56 bits per heavy atom. The molecule has 0 aliphatic heterocycles. The molecular weight excluding hydrogens is 701 g/mol. The van der Waals surface area contributed by atoms with Gasteiger partial charge in [-0.3, -0.25) is 0 Å². The van der Waals surface area contributed by atoms with E-state index in [-0.39, 0.29) is 0 Å². The Kier molecular flexibility index (Phi) is 6.83. The third kappa shape index (κ3) is 4.81. The first-order valence-electron chi connectivity index (χ1n) is 19.0. The SMILES string of the molecule is c1ccc(-c2nc(-c3ccccc3)nc(-c3cccc4oc5c(-n6c7ccccc7c7ccccc76)ccc(-c6cccc7c6oc6ccccc67)c5c34)n2)cc1. The highest BCUT2D eigenvalue weighted by Crippen LogP contribution is 2.47. The van der Waals surface area contributed by atoms with Crippen LogP contribution in [-0.4, -0.2) is 19.5 Å². The number of fused-ring (bicyclic) bond motifs is 9. The van der Waals surface area contributed by atoms with Crippen LogP contribution in [0, 0.1) is 0 Å². The predicted octanol–water partition coefficient (Wildman–Crippen LogP) is 13.4. The van der Waals surface area contributed by atoms with Gasteiger partial charge in [0.2, 0.25) is 0 Å². The summed E-state index contributed by atoms with van der Waals surface area (Å²) >= 11 is 0. The zero-order chi connectivity index (χ0) is 37.5. The topological polar surface area (TPSA) is 69.9 Å². The first-order chi connectivity index (χ1) is 28.3. The van der Waals surface area contributed by atoms with Gasteiger partial charge in [0.1, 0.15) is 16.7 Å². The Bertz CT molecular complexity index is 3410. The third-order valence-electron chi connectivity index (χ3n) is 11.1. The maximum atomic E-state index is 7.11. The minimum atomic E-state index is 0.561. The Hall–Kier alpha value is -7.83. The van der Waals surface area contributed by atoms with Crippen LogP contribution in [0.2, 0.25) is 0 Å². The zero-order valence-corrected chi connectivity index (χ0v) is 30.4. The fourth-order valence-electron chi connectivity index (χ4n) is 8.56. The van der Waals surface area contributed by atoms with Crippen LogP contribution in [0.5, 0.6) is 0 Å². The molecule has 0 bridgehead atoms. The van der Waals surface area contributed by atoms with Crippen molar-refractivity contribution in [1.29, 1.82) is 0 Å². The molecular formula is C51H30N4O2. The van der Waals surface area contributed by atoms with E-state index in [9.17, 15) is 0 Å². The number of hydrogen-bond acceptors (Lipinski definition) is 5. The monoisotopic (exact) mass is 730 g/mol. The lowest BCUT2D eigenvalue weighted by molar-refractivity contribution is 0.666. The summed E-state index contributed by atoms with van der Waals surface area (Å²) in [6.07, 6.45) is 0. The highest BCUT2D eigenvalue weighted by atomic mass is 16.3. The van der Waals surface area contributed by atoms with E-state index >= 15 is 0 Å². The average molecular weight is 731 g/mol. The van der Waals surface area contributed by atoms with Gasteiger partial charge in [0.25, 0.3) is 0 Å². The van der Waals surface area contributed by atoms with Gasteiger partial charge in [-0.15, -0.1) is 0 Å². The lowest BCUT2D eigenvalue weighted by Crippen LogP contribution is -2.00. The first kappa shape index (κ1) is 31.5. The van der Waals surface area contributed by atoms with Crippen molar-refractivity contribution in [2.24, 2.45) is 0 Å². The summed E-state index contributed by atoms with van der Waals surface area (Å²) in [5, 5.41) is 6.38. The largest absolute Gasteiger partial charge is 0.455 e.